The van der Waals surface area contributed by atoms with Gasteiger partial charge in [-0.05, 0) is 30.2 Å². The van der Waals surface area contributed by atoms with E-state index in [4.69, 9.17) is 0 Å². The lowest BCUT2D eigenvalue weighted by Crippen LogP contribution is -2.25. The van der Waals surface area contributed by atoms with E-state index in [1.807, 2.05) is 17.0 Å². The quantitative estimate of drug-likeness (QED) is 0.750. The third kappa shape index (κ3) is 2.33. The molecule has 86 valence electrons. The maximum Gasteiger partial charge on any atom is 0.228 e. The van der Waals surface area contributed by atoms with E-state index in [-0.39, 0.29) is 10.7 Å². The largest absolute Gasteiger partial charge is 0.311 e. The van der Waals surface area contributed by atoms with Crippen LogP contribution in [0.5, 0.6) is 0 Å². The van der Waals surface area contributed by atoms with Gasteiger partial charge in [-0.2, -0.15) is 0 Å². The number of benzene rings is 1. The molecule has 1 atom stereocenters. The SMILES string of the molecule is CCc1cc(Br)ccc1N1CC(Br)CC1=O. The molecule has 0 bridgehead atoms. The molecule has 2 rings (SSSR count). The lowest BCUT2D eigenvalue weighted by atomic mass is 10.1. The van der Waals surface area contributed by atoms with Gasteiger partial charge >= 0.3 is 0 Å². The highest BCUT2D eigenvalue weighted by Gasteiger charge is 2.29. The zero-order valence-corrected chi connectivity index (χ0v) is 12.2. The zero-order valence-electron chi connectivity index (χ0n) is 9.04. The summed E-state index contributed by atoms with van der Waals surface area (Å²) in [7, 11) is 0. The number of rotatable bonds is 2. The fraction of sp³-hybridized carbons (Fsp3) is 0.417. The molecule has 1 saturated heterocycles. The number of carbonyl (C=O) groups excluding carboxylic acids is 1. The van der Waals surface area contributed by atoms with Gasteiger partial charge in [0.2, 0.25) is 5.91 Å². The van der Waals surface area contributed by atoms with Gasteiger partial charge in [-0.1, -0.05) is 38.8 Å². The van der Waals surface area contributed by atoms with Gasteiger partial charge < -0.3 is 4.90 Å². The van der Waals surface area contributed by atoms with Gasteiger partial charge in [-0.25, -0.2) is 0 Å². The third-order valence-corrected chi connectivity index (χ3v) is 3.90. The predicted molar refractivity (Wildman–Crippen MR) is 73.2 cm³/mol. The van der Waals surface area contributed by atoms with Crippen molar-refractivity contribution in [2.45, 2.75) is 24.6 Å². The minimum Gasteiger partial charge on any atom is -0.311 e. The predicted octanol–water partition coefficient (Wildman–Crippen LogP) is 3.51. The number of halogens is 2. The first-order valence-electron chi connectivity index (χ1n) is 5.34. The van der Waals surface area contributed by atoms with E-state index in [0.29, 0.717) is 6.42 Å². The van der Waals surface area contributed by atoms with Crippen LogP contribution in [0.15, 0.2) is 22.7 Å². The Balaban J connectivity index is 2.36. The molecular formula is C12H13Br2NO. The molecule has 0 N–H and O–H groups in total. The average molecular weight is 347 g/mol. The standard InChI is InChI=1S/C12H13Br2NO/c1-2-8-5-9(13)3-4-11(8)15-7-10(14)6-12(15)16/h3-5,10H,2,6-7H2,1H3. The molecular weight excluding hydrogens is 334 g/mol. The van der Waals surface area contributed by atoms with Crippen molar-refractivity contribution in [3.63, 3.8) is 0 Å². The summed E-state index contributed by atoms with van der Waals surface area (Å²) < 4.78 is 1.06. The molecule has 0 radical (unpaired) electrons. The van der Waals surface area contributed by atoms with Crippen LogP contribution in [0, 0.1) is 0 Å². The van der Waals surface area contributed by atoms with Crippen LogP contribution in [-0.4, -0.2) is 17.3 Å². The van der Waals surface area contributed by atoms with Crippen molar-refractivity contribution in [3.8, 4) is 0 Å². The molecule has 0 aromatic heterocycles. The number of hydrogen-bond acceptors (Lipinski definition) is 1. The average Bonchev–Trinajstić information content (AvgIpc) is 2.57. The van der Waals surface area contributed by atoms with Crippen molar-refractivity contribution < 1.29 is 4.79 Å². The summed E-state index contributed by atoms with van der Waals surface area (Å²) in [6, 6.07) is 6.10. The molecule has 16 heavy (non-hydrogen) atoms. The van der Waals surface area contributed by atoms with Gasteiger partial charge in [0.1, 0.15) is 0 Å². The van der Waals surface area contributed by atoms with Crippen LogP contribution in [0.4, 0.5) is 5.69 Å². The van der Waals surface area contributed by atoms with Crippen LogP contribution in [-0.2, 0) is 11.2 Å². The molecule has 1 fully saturated rings. The highest BCUT2D eigenvalue weighted by Crippen LogP contribution is 2.30. The van der Waals surface area contributed by atoms with Gasteiger partial charge in [0.25, 0.3) is 0 Å². The maximum absolute atomic E-state index is 11.8. The first-order chi connectivity index (χ1) is 7.61. The molecule has 4 heteroatoms. The van der Waals surface area contributed by atoms with Crippen LogP contribution < -0.4 is 4.90 Å². The van der Waals surface area contributed by atoms with E-state index in [1.54, 1.807) is 0 Å². The molecule has 1 aromatic carbocycles. The topological polar surface area (TPSA) is 20.3 Å². The van der Waals surface area contributed by atoms with E-state index < -0.39 is 0 Å². The van der Waals surface area contributed by atoms with Crippen LogP contribution in [0.1, 0.15) is 18.9 Å². The van der Waals surface area contributed by atoms with E-state index in [9.17, 15) is 4.79 Å². The Morgan fingerprint density at radius 3 is 2.81 bits per heavy atom. The lowest BCUT2D eigenvalue weighted by molar-refractivity contribution is -0.117. The molecule has 2 nitrogen and oxygen atoms in total. The second kappa shape index (κ2) is 4.88. The summed E-state index contributed by atoms with van der Waals surface area (Å²) in [6.07, 6.45) is 1.53. The fourth-order valence-corrected chi connectivity index (χ4v) is 2.97. The van der Waals surface area contributed by atoms with Crippen LogP contribution >= 0.6 is 31.9 Å². The van der Waals surface area contributed by atoms with Gasteiger partial charge in [-0.15, -0.1) is 0 Å². The van der Waals surface area contributed by atoms with Crippen LogP contribution in [0.3, 0.4) is 0 Å². The number of alkyl halides is 1. The Bertz CT molecular complexity index is 419. The third-order valence-electron chi connectivity index (χ3n) is 2.79. The fourth-order valence-electron chi connectivity index (χ4n) is 2.00. The van der Waals surface area contributed by atoms with E-state index in [2.05, 4.69) is 44.8 Å². The smallest absolute Gasteiger partial charge is 0.228 e. The monoisotopic (exact) mass is 345 g/mol. The zero-order chi connectivity index (χ0) is 11.7. The summed E-state index contributed by atoms with van der Waals surface area (Å²) in [4.78, 5) is 14.0. The van der Waals surface area contributed by atoms with Gasteiger partial charge in [0, 0.05) is 28.0 Å². The first kappa shape index (κ1) is 12.1. The number of anilines is 1. The van der Waals surface area contributed by atoms with E-state index in [1.165, 1.54) is 5.56 Å². The van der Waals surface area contributed by atoms with Crippen molar-refractivity contribution in [2.75, 3.05) is 11.4 Å². The molecule has 0 spiro atoms. The highest BCUT2D eigenvalue weighted by atomic mass is 79.9. The minimum absolute atomic E-state index is 0.207. The van der Waals surface area contributed by atoms with Crippen LogP contribution in [0.2, 0.25) is 0 Å². The van der Waals surface area contributed by atoms with Crippen LogP contribution in [0.25, 0.3) is 0 Å². The number of nitrogens with zero attached hydrogens (tertiary/aromatic N) is 1. The Kier molecular flexibility index (Phi) is 3.70. The number of hydrogen-bond donors (Lipinski definition) is 0. The minimum atomic E-state index is 0.207. The summed E-state index contributed by atoms with van der Waals surface area (Å²) in [5.74, 6) is 0.207. The summed E-state index contributed by atoms with van der Waals surface area (Å²) in [5.41, 5.74) is 2.27. The first-order valence-corrected chi connectivity index (χ1v) is 7.05. The summed E-state index contributed by atoms with van der Waals surface area (Å²) in [5, 5.41) is 0. The Morgan fingerprint density at radius 2 is 2.25 bits per heavy atom. The van der Waals surface area contributed by atoms with Crippen molar-refractivity contribution in [1.29, 1.82) is 0 Å². The number of amides is 1. The molecule has 1 amide bonds. The summed E-state index contributed by atoms with van der Waals surface area (Å²) in [6.45, 7) is 2.88. The highest BCUT2D eigenvalue weighted by molar-refractivity contribution is 9.10. The van der Waals surface area contributed by atoms with E-state index >= 15 is 0 Å². The Labute approximate surface area is 112 Å². The maximum atomic E-state index is 11.8. The molecule has 1 aliphatic heterocycles. The number of aryl methyl sites for hydroxylation is 1. The molecule has 0 saturated carbocycles. The van der Waals surface area contributed by atoms with Crippen molar-refractivity contribution in [1.82, 2.24) is 0 Å². The summed E-state index contributed by atoms with van der Waals surface area (Å²) >= 11 is 6.97. The normalized spacial score (nSPS) is 20.6. The van der Waals surface area contributed by atoms with Gasteiger partial charge in [0.15, 0.2) is 0 Å². The van der Waals surface area contributed by atoms with Crippen molar-refractivity contribution >= 4 is 43.5 Å². The van der Waals surface area contributed by atoms with Crippen molar-refractivity contribution in [2.24, 2.45) is 0 Å². The number of carbonyl (C=O) groups is 1. The van der Waals surface area contributed by atoms with Crippen molar-refractivity contribution in [3.05, 3.63) is 28.2 Å². The van der Waals surface area contributed by atoms with Gasteiger partial charge in [-0.3, -0.25) is 4.79 Å². The Hall–Kier alpha value is -0.350. The molecule has 1 heterocycles. The molecule has 0 aliphatic carbocycles. The second-order valence-electron chi connectivity index (χ2n) is 3.93. The second-order valence-corrected chi connectivity index (χ2v) is 6.14. The molecule has 1 aliphatic rings. The van der Waals surface area contributed by atoms with Gasteiger partial charge in [0.05, 0.1) is 0 Å². The molecule has 1 aromatic rings. The molecule has 1 unspecified atom stereocenters. The Morgan fingerprint density at radius 1 is 1.50 bits per heavy atom. The lowest BCUT2D eigenvalue weighted by Gasteiger charge is -2.19. The van der Waals surface area contributed by atoms with E-state index in [0.717, 1.165) is 23.1 Å².